The highest BCUT2D eigenvalue weighted by Gasteiger charge is 2.31. The van der Waals surface area contributed by atoms with Gasteiger partial charge in [0.05, 0.1) is 5.69 Å². The number of anilines is 1. The average Bonchev–Trinajstić information content (AvgIpc) is 2.67. The molecule has 0 heterocycles. The maximum Gasteiger partial charge on any atom is 0.340 e. The van der Waals surface area contributed by atoms with Gasteiger partial charge < -0.3 is 15.7 Å². The molecule has 21 heavy (non-hydrogen) atoms. The van der Waals surface area contributed by atoms with Crippen LogP contribution in [0.4, 0.5) is 14.9 Å². The third-order valence-electron chi connectivity index (χ3n) is 3.78. The number of urea groups is 1. The highest BCUT2D eigenvalue weighted by atomic mass is 19.1. The average molecular weight is 294 g/mol. The predicted octanol–water partition coefficient (Wildman–Crippen LogP) is 3.22. The van der Waals surface area contributed by atoms with Crippen molar-refractivity contribution in [1.82, 2.24) is 5.32 Å². The Kier molecular flexibility index (Phi) is 4.16. The minimum Gasteiger partial charge on any atom is -0.478 e. The van der Waals surface area contributed by atoms with E-state index in [4.69, 9.17) is 5.11 Å². The van der Waals surface area contributed by atoms with Gasteiger partial charge in [-0.15, -0.1) is 0 Å². The molecule has 2 rings (SSSR count). The second-order valence-corrected chi connectivity index (χ2v) is 6.17. The third kappa shape index (κ3) is 3.71. The van der Waals surface area contributed by atoms with Gasteiger partial charge in [-0.05, 0) is 36.8 Å². The lowest BCUT2D eigenvalue weighted by atomic mass is 9.92. The van der Waals surface area contributed by atoms with Crippen LogP contribution in [0.1, 0.15) is 43.5 Å². The van der Waals surface area contributed by atoms with Crippen LogP contribution in [-0.4, -0.2) is 23.1 Å². The number of halogens is 1. The Labute approximate surface area is 122 Å². The number of aromatic carboxylic acids is 1. The van der Waals surface area contributed by atoms with Crippen LogP contribution in [0.3, 0.4) is 0 Å². The first-order chi connectivity index (χ1) is 9.78. The first-order valence-corrected chi connectivity index (χ1v) is 6.88. The van der Waals surface area contributed by atoms with E-state index < -0.39 is 23.4 Å². The normalized spacial score (nSPS) is 20.0. The van der Waals surface area contributed by atoms with Crippen molar-refractivity contribution in [2.24, 2.45) is 5.41 Å². The Hall–Kier alpha value is -2.11. The summed E-state index contributed by atoms with van der Waals surface area (Å²) < 4.78 is 13.5. The largest absolute Gasteiger partial charge is 0.478 e. The van der Waals surface area contributed by atoms with Gasteiger partial charge in [-0.3, -0.25) is 0 Å². The molecule has 0 aromatic heterocycles. The van der Waals surface area contributed by atoms with Gasteiger partial charge in [-0.25, -0.2) is 14.0 Å². The number of amides is 2. The van der Waals surface area contributed by atoms with Gasteiger partial charge in [0, 0.05) is 6.04 Å². The van der Waals surface area contributed by atoms with Crippen molar-refractivity contribution in [3.63, 3.8) is 0 Å². The van der Waals surface area contributed by atoms with Crippen LogP contribution < -0.4 is 10.6 Å². The zero-order valence-electron chi connectivity index (χ0n) is 12.1. The maximum absolute atomic E-state index is 13.5. The molecule has 5 nitrogen and oxygen atoms in total. The minimum atomic E-state index is -1.41. The van der Waals surface area contributed by atoms with E-state index >= 15 is 0 Å². The summed E-state index contributed by atoms with van der Waals surface area (Å²) in [5, 5.41) is 14.2. The van der Waals surface area contributed by atoms with Crippen molar-refractivity contribution in [2.75, 3.05) is 5.32 Å². The smallest absolute Gasteiger partial charge is 0.340 e. The fourth-order valence-corrected chi connectivity index (χ4v) is 2.75. The molecule has 1 fully saturated rings. The zero-order valence-corrected chi connectivity index (χ0v) is 12.1. The molecule has 0 bridgehead atoms. The molecule has 1 saturated carbocycles. The third-order valence-corrected chi connectivity index (χ3v) is 3.78. The molecule has 1 aromatic rings. The van der Waals surface area contributed by atoms with Crippen molar-refractivity contribution < 1.29 is 19.1 Å². The molecular weight excluding hydrogens is 275 g/mol. The van der Waals surface area contributed by atoms with Crippen LogP contribution in [0.5, 0.6) is 0 Å². The van der Waals surface area contributed by atoms with Gasteiger partial charge in [0.25, 0.3) is 0 Å². The molecular formula is C15H19FN2O3. The SMILES string of the molecule is CC1(C)CCC(NC(=O)Nc2cccc(F)c2C(=O)O)C1. The second kappa shape index (κ2) is 5.71. The lowest BCUT2D eigenvalue weighted by Crippen LogP contribution is -2.37. The molecule has 114 valence electrons. The number of rotatable bonds is 3. The molecule has 0 aliphatic heterocycles. The van der Waals surface area contributed by atoms with E-state index in [-0.39, 0.29) is 17.1 Å². The van der Waals surface area contributed by atoms with Gasteiger partial charge in [0.2, 0.25) is 0 Å². The van der Waals surface area contributed by atoms with E-state index in [0.29, 0.717) is 0 Å². The van der Waals surface area contributed by atoms with Crippen LogP contribution in [0.2, 0.25) is 0 Å². The van der Waals surface area contributed by atoms with Crippen LogP contribution in [0.15, 0.2) is 18.2 Å². The monoisotopic (exact) mass is 294 g/mol. The molecule has 3 N–H and O–H groups in total. The van der Waals surface area contributed by atoms with Gasteiger partial charge in [-0.1, -0.05) is 19.9 Å². The Morgan fingerprint density at radius 3 is 2.67 bits per heavy atom. The first kappa shape index (κ1) is 15.3. The zero-order chi connectivity index (χ0) is 15.6. The summed E-state index contributed by atoms with van der Waals surface area (Å²) in [6, 6.07) is 3.32. The van der Waals surface area contributed by atoms with E-state index in [9.17, 15) is 14.0 Å². The molecule has 2 amide bonds. The summed E-state index contributed by atoms with van der Waals surface area (Å²) in [7, 11) is 0. The fourth-order valence-electron chi connectivity index (χ4n) is 2.75. The lowest BCUT2D eigenvalue weighted by Gasteiger charge is -2.18. The highest BCUT2D eigenvalue weighted by molar-refractivity contribution is 6.00. The van der Waals surface area contributed by atoms with Gasteiger partial charge in [0.1, 0.15) is 11.4 Å². The van der Waals surface area contributed by atoms with E-state index in [1.54, 1.807) is 0 Å². The molecule has 1 aliphatic rings. The van der Waals surface area contributed by atoms with E-state index in [1.165, 1.54) is 12.1 Å². The molecule has 0 radical (unpaired) electrons. The number of carbonyl (C=O) groups excluding carboxylic acids is 1. The van der Waals surface area contributed by atoms with Crippen molar-refractivity contribution >= 4 is 17.7 Å². The molecule has 1 unspecified atom stereocenters. The second-order valence-electron chi connectivity index (χ2n) is 6.17. The predicted molar refractivity (Wildman–Crippen MR) is 76.9 cm³/mol. The number of carboxylic acid groups (broad SMARTS) is 1. The Morgan fingerprint density at radius 2 is 2.10 bits per heavy atom. The van der Waals surface area contributed by atoms with Crippen LogP contribution in [0.25, 0.3) is 0 Å². The topological polar surface area (TPSA) is 78.4 Å². The van der Waals surface area contributed by atoms with Gasteiger partial charge >= 0.3 is 12.0 Å². The first-order valence-electron chi connectivity index (χ1n) is 6.88. The molecule has 1 atom stereocenters. The van der Waals surface area contributed by atoms with Crippen molar-refractivity contribution in [1.29, 1.82) is 0 Å². The quantitative estimate of drug-likeness (QED) is 0.801. The van der Waals surface area contributed by atoms with Crippen LogP contribution in [0, 0.1) is 11.2 Å². The number of hydrogen-bond acceptors (Lipinski definition) is 2. The summed E-state index contributed by atoms with van der Waals surface area (Å²) in [5.41, 5.74) is -0.375. The maximum atomic E-state index is 13.5. The number of nitrogens with one attached hydrogen (secondary N) is 2. The number of benzene rings is 1. The lowest BCUT2D eigenvalue weighted by molar-refractivity contribution is 0.0693. The molecule has 0 saturated heterocycles. The minimum absolute atomic E-state index is 0.0442. The fraction of sp³-hybridized carbons (Fsp3) is 0.467. The number of hydrogen-bond donors (Lipinski definition) is 3. The van der Waals surface area contributed by atoms with Crippen molar-refractivity contribution in [3.8, 4) is 0 Å². The molecule has 1 aliphatic carbocycles. The summed E-state index contributed by atoms with van der Waals surface area (Å²) in [6.45, 7) is 4.28. The van der Waals surface area contributed by atoms with Crippen molar-refractivity contribution in [3.05, 3.63) is 29.6 Å². The summed E-state index contributed by atoms with van der Waals surface area (Å²) in [4.78, 5) is 23.0. The highest BCUT2D eigenvalue weighted by Crippen LogP contribution is 2.36. The van der Waals surface area contributed by atoms with Gasteiger partial charge in [0.15, 0.2) is 0 Å². The van der Waals surface area contributed by atoms with E-state index in [0.717, 1.165) is 25.3 Å². The van der Waals surface area contributed by atoms with Crippen LogP contribution >= 0.6 is 0 Å². The van der Waals surface area contributed by atoms with E-state index in [1.807, 2.05) is 0 Å². The van der Waals surface area contributed by atoms with E-state index in [2.05, 4.69) is 24.5 Å². The summed E-state index contributed by atoms with van der Waals surface area (Å²) >= 11 is 0. The standard InChI is InChI=1S/C15H19FN2O3/c1-15(2)7-6-9(8-15)17-14(21)18-11-5-3-4-10(16)12(11)13(19)20/h3-5,9H,6-8H2,1-2H3,(H,19,20)(H2,17,18,21). The molecule has 0 spiro atoms. The summed E-state index contributed by atoms with van der Waals surface area (Å²) in [6.07, 6.45) is 2.78. The Bertz CT molecular complexity index is 572. The molecule has 6 heteroatoms. The van der Waals surface area contributed by atoms with Crippen molar-refractivity contribution in [2.45, 2.75) is 39.2 Å². The number of carboxylic acids is 1. The Balaban J connectivity index is 2.04. The molecule has 1 aromatic carbocycles. The summed E-state index contributed by atoms with van der Waals surface area (Å²) in [5.74, 6) is -2.28. The van der Waals surface area contributed by atoms with Gasteiger partial charge in [-0.2, -0.15) is 0 Å². The Morgan fingerprint density at radius 1 is 1.38 bits per heavy atom. The van der Waals surface area contributed by atoms with Crippen LogP contribution in [-0.2, 0) is 0 Å². The number of carbonyl (C=O) groups is 2.